The fourth-order valence-corrected chi connectivity index (χ4v) is 3.78. The normalized spacial score (nSPS) is 16.6. The average Bonchev–Trinajstić information content (AvgIpc) is 2.79. The summed E-state index contributed by atoms with van der Waals surface area (Å²) in [5, 5.41) is 3.51. The van der Waals surface area contributed by atoms with Crippen LogP contribution in [0.3, 0.4) is 0 Å². The molecule has 31 heavy (non-hydrogen) atoms. The third kappa shape index (κ3) is 8.43. The van der Waals surface area contributed by atoms with Gasteiger partial charge in [-0.05, 0) is 42.9 Å². The van der Waals surface area contributed by atoms with Gasteiger partial charge in [0.2, 0.25) is 0 Å². The Kier molecular flexibility index (Phi) is 11.9. The molecule has 0 aliphatic carbocycles. The van der Waals surface area contributed by atoms with Crippen LogP contribution in [-0.2, 0) is 15.9 Å². The summed E-state index contributed by atoms with van der Waals surface area (Å²) in [6.07, 6.45) is 3.19. The summed E-state index contributed by atoms with van der Waals surface area (Å²) in [7, 11) is 1.85. The standard InChI is InChI=1S/C25H35N3O2.HI/c1-21-10-6-7-13-23(21)24-20-28(16-19-30-24)25(26-2)27-15-8-9-17-29-18-14-22-11-4-3-5-12-22;/h3-7,10-13,24H,8-9,14-20H2,1-2H3,(H,26,27);1H. The number of hydrogen-bond acceptors (Lipinski definition) is 3. The van der Waals surface area contributed by atoms with Crippen LogP contribution in [0.2, 0.25) is 0 Å². The molecule has 2 aromatic rings. The topological polar surface area (TPSA) is 46.1 Å². The molecule has 0 saturated carbocycles. The van der Waals surface area contributed by atoms with Gasteiger partial charge in [-0.1, -0.05) is 54.6 Å². The summed E-state index contributed by atoms with van der Waals surface area (Å²) in [6.45, 7) is 7.05. The molecule has 0 radical (unpaired) electrons. The summed E-state index contributed by atoms with van der Waals surface area (Å²) >= 11 is 0. The van der Waals surface area contributed by atoms with Crippen LogP contribution in [0.25, 0.3) is 0 Å². The van der Waals surface area contributed by atoms with Crippen LogP contribution in [0.4, 0.5) is 0 Å². The van der Waals surface area contributed by atoms with Crippen LogP contribution in [0.1, 0.15) is 35.6 Å². The van der Waals surface area contributed by atoms with Crippen molar-refractivity contribution >= 4 is 29.9 Å². The molecule has 1 heterocycles. The van der Waals surface area contributed by atoms with Gasteiger partial charge in [0.25, 0.3) is 0 Å². The highest BCUT2D eigenvalue weighted by Crippen LogP contribution is 2.24. The summed E-state index contributed by atoms with van der Waals surface area (Å²) < 4.78 is 11.8. The number of morpholine rings is 1. The van der Waals surface area contributed by atoms with E-state index >= 15 is 0 Å². The van der Waals surface area contributed by atoms with Crippen molar-refractivity contribution in [1.82, 2.24) is 10.2 Å². The maximum Gasteiger partial charge on any atom is 0.193 e. The van der Waals surface area contributed by atoms with Crippen molar-refractivity contribution in [3.8, 4) is 0 Å². The van der Waals surface area contributed by atoms with E-state index in [-0.39, 0.29) is 30.1 Å². The number of rotatable bonds is 9. The highest BCUT2D eigenvalue weighted by molar-refractivity contribution is 14.0. The Morgan fingerprint density at radius 1 is 1.10 bits per heavy atom. The molecule has 5 nitrogen and oxygen atoms in total. The van der Waals surface area contributed by atoms with Crippen LogP contribution in [-0.4, -0.2) is 57.4 Å². The molecule has 3 rings (SSSR count). The smallest absolute Gasteiger partial charge is 0.193 e. The average molecular weight is 537 g/mol. The molecule has 0 spiro atoms. The van der Waals surface area contributed by atoms with Crippen LogP contribution in [0, 0.1) is 6.92 Å². The number of nitrogens with one attached hydrogen (secondary N) is 1. The van der Waals surface area contributed by atoms with Crippen LogP contribution in [0.5, 0.6) is 0 Å². The van der Waals surface area contributed by atoms with E-state index in [0.29, 0.717) is 0 Å². The quantitative estimate of drug-likeness (QED) is 0.220. The summed E-state index contributed by atoms with van der Waals surface area (Å²) in [5.41, 5.74) is 3.88. The number of halogens is 1. The largest absolute Gasteiger partial charge is 0.381 e. The maximum atomic E-state index is 6.04. The van der Waals surface area contributed by atoms with Gasteiger partial charge in [0.15, 0.2) is 5.96 Å². The van der Waals surface area contributed by atoms with Gasteiger partial charge in [-0.2, -0.15) is 0 Å². The van der Waals surface area contributed by atoms with Gasteiger partial charge in [-0.15, -0.1) is 24.0 Å². The Balaban J connectivity index is 0.00000341. The zero-order chi connectivity index (χ0) is 21.0. The number of aryl methyl sites for hydroxylation is 1. The highest BCUT2D eigenvalue weighted by atomic mass is 127. The van der Waals surface area contributed by atoms with E-state index in [1.54, 1.807) is 0 Å². The van der Waals surface area contributed by atoms with Crippen molar-refractivity contribution in [3.05, 3.63) is 71.3 Å². The molecule has 0 aromatic heterocycles. The minimum Gasteiger partial charge on any atom is -0.381 e. The van der Waals surface area contributed by atoms with E-state index in [9.17, 15) is 0 Å². The van der Waals surface area contributed by atoms with Gasteiger partial charge in [0.1, 0.15) is 6.10 Å². The summed E-state index contributed by atoms with van der Waals surface area (Å²) in [5.74, 6) is 0.960. The summed E-state index contributed by atoms with van der Waals surface area (Å²) in [4.78, 5) is 6.79. The molecule has 1 aliphatic heterocycles. The van der Waals surface area contributed by atoms with Crippen LogP contribution < -0.4 is 5.32 Å². The number of hydrogen-bond donors (Lipinski definition) is 1. The van der Waals surface area contributed by atoms with Gasteiger partial charge in [-0.25, -0.2) is 0 Å². The predicted octanol–water partition coefficient (Wildman–Crippen LogP) is 4.60. The molecule has 1 aliphatic rings. The van der Waals surface area contributed by atoms with E-state index in [4.69, 9.17) is 9.47 Å². The van der Waals surface area contributed by atoms with E-state index in [1.807, 2.05) is 13.1 Å². The van der Waals surface area contributed by atoms with Crippen molar-refractivity contribution in [1.29, 1.82) is 0 Å². The Morgan fingerprint density at radius 3 is 2.65 bits per heavy atom. The SMILES string of the molecule is CN=C(NCCCCOCCc1ccccc1)N1CCOC(c2ccccc2C)C1.I. The Hall–Kier alpha value is -1.64. The van der Waals surface area contributed by atoms with E-state index in [0.717, 1.165) is 64.7 Å². The third-order valence-corrected chi connectivity index (χ3v) is 5.49. The minimum atomic E-state index is 0. The summed E-state index contributed by atoms with van der Waals surface area (Å²) in [6, 6.07) is 19.0. The Morgan fingerprint density at radius 2 is 1.87 bits per heavy atom. The number of aliphatic imine (C=N–C) groups is 1. The first-order valence-corrected chi connectivity index (χ1v) is 11.0. The minimum absolute atomic E-state index is 0. The molecule has 6 heteroatoms. The maximum absolute atomic E-state index is 6.04. The first kappa shape index (κ1) is 25.6. The van der Waals surface area contributed by atoms with Crippen molar-refractivity contribution in [3.63, 3.8) is 0 Å². The number of ether oxygens (including phenoxy) is 2. The lowest BCUT2D eigenvalue weighted by Gasteiger charge is -2.35. The molecule has 1 unspecified atom stereocenters. The second kappa shape index (κ2) is 14.4. The lowest BCUT2D eigenvalue weighted by molar-refractivity contribution is -0.00831. The molecule has 170 valence electrons. The van der Waals surface area contributed by atoms with Crippen molar-refractivity contribution in [2.24, 2.45) is 4.99 Å². The number of benzene rings is 2. The van der Waals surface area contributed by atoms with Crippen molar-refractivity contribution in [2.45, 2.75) is 32.3 Å². The molecule has 1 fully saturated rings. The lowest BCUT2D eigenvalue weighted by atomic mass is 10.0. The Bertz CT molecular complexity index is 785. The molecule has 1 saturated heterocycles. The fraction of sp³-hybridized carbons (Fsp3) is 0.480. The molecule has 0 amide bonds. The molecule has 0 bridgehead atoms. The number of nitrogens with zero attached hydrogens (tertiary/aromatic N) is 2. The lowest BCUT2D eigenvalue weighted by Crippen LogP contribution is -2.48. The van der Waals surface area contributed by atoms with Gasteiger partial charge >= 0.3 is 0 Å². The van der Waals surface area contributed by atoms with Gasteiger partial charge < -0.3 is 19.7 Å². The molecular weight excluding hydrogens is 501 g/mol. The zero-order valence-electron chi connectivity index (χ0n) is 18.8. The molecule has 2 aromatic carbocycles. The second-order valence-electron chi connectivity index (χ2n) is 7.69. The third-order valence-electron chi connectivity index (χ3n) is 5.49. The van der Waals surface area contributed by atoms with Crippen LogP contribution >= 0.6 is 24.0 Å². The van der Waals surface area contributed by atoms with Gasteiger partial charge in [0.05, 0.1) is 19.8 Å². The molecule has 1 atom stereocenters. The molecular formula is C25H36IN3O2. The first-order valence-electron chi connectivity index (χ1n) is 11.0. The zero-order valence-corrected chi connectivity index (χ0v) is 21.1. The van der Waals surface area contributed by atoms with Crippen molar-refractivity contribution < 1.29 is 9.47 Å². The van der Waals surface area contributed by atoms with Gasteiger partial charge in [0, 0.05) is 26.7 Å². The van der Waals surface area contributed by atoms with E-state index in [2.05, 4.69) is 70.7 Å². The number of unbranched alkanes of at least 4 members (excludes halogenated alkanes) is 1. The molecule has 1 N–H and O–H groups in total. The van der Waals surface area contributed by atoms with Crippen LogP contribution in [0.15, 0.2) is 59.6 Å². The Labute approximate surface area is 204 Å². The first-order chi connectivity index (χ1) is 14.8. The number of guanidine groups is 1. The monoisotopic (exact) mass is 537 g/mol. The van der Waals surface area contributed by atoms with Gasteiger partial charge in [-0.3, -0.25) is 4.99 Å². The van der Waals surface area contributed by atoms with E-state index in [1.165, 1.54) is 16.7 Å². The fourth-order valence-electron chi connectivity index (χ4n) is 3.78. The van der Waals surface area contributed by atoms with Crippen molar-refractivity contribution in [2.75, 3.05) is 46.5 Å². The second-order valence-corrected chi connectivity index (χ2v) is 7.69. The van der Waals surface area contributed by atoms with E-state index < -0.39 is 0 Å². The highest BCUT2D eigenvalue weighted by Gasteiger charge is 2.24. The predicted molar refractivity (Wildman–Crippen MR) is 138 cm³/mol.